The molecule has 0 bridgehead atoms. The normalized spacial score (nSPS) is 10.6. The molecule has 4 N–H and O–H groups in total. The van der Waals surface area contributed by atoms with E-state index in [-0.39, 0.29) is 22.6 Å². The summed E-state index contributed by atoms with van der Waals surface area (Å²) in [5, 5.41) is 9.03. The summed E-state index contributed by atoms with van der Waals surface area (Å²) in [6.45, 7) is 2.37. The van der Waals surface area contributed by atoms with Crippen LogP contribution in [0.3, 0.4) is 0 Å². The van der Waals surface area contributed by atoms with Gasteiger partial charge >= 0.3 is 0 Å². The van der Waals surface area contributed by atoms with Gasteiger partial charge in [-0.15, -0.1) is 0 Å². The minimum Gasteiger partial charge on any atom is -0.371 e. The number of anilines is 1. The summed E-state index contributed by atoms with van der Waals surface area (Å²) in [5.74, 6) is 2.67. The van der Waals surface area contributed by atoms with E-state index in [2.05, 4.69) is 32.3 Å². The fourth-order valence-corrected chi connectivity index (χ4v) is 2.47. The van der Waals surface area contributed by atoms with Gasteiger partial charge in [0.1, 0.15) is 22.6 Å². The molecule has 2 aromatic heterocycles. The number of hydrogen-bond donors (Lipinski definition) is 3. The van der Waals surface area contributed by atoms with Gasteiger partial charge < -0.3 is 15.6 Å². The van der Waals surface area contributed by atoms with E-state index in [0.717, 1.165) is 0 Å². The van der Waals surface area contributed by atoms with E-state index in [1.54, 1.807) is 11.6 Å². The Hall–Kier alpha value is -3.41. The molecule has 128 valence electrons. The Morgan fingerprint density at radius 2 is 2.20 bits per heavy atom. The number of primary amides is 1. The molecule has 0 atom stereocenters. The summed E-state index contributed by atoms with van der Waals surface area (Å²) in [7, 11) is 1.55. The number of H-pyrrole nitrogens is 1. The highest BCUT2D eigenvalue weighted by molar-refractivity contribution is 5.99. The molecular formula is C16H14F2N6O. The SMILES string of the molecule is CCn1cnc2c(F)c(C#Cc3[nH]nc(NC)c3C(N)=O)c(F)cc21. The van der Waals surface area contributed by atoms with Crippen molar-refractivity contribution in [2.75, 3.05) is 12.4 Å². The van der Waals surface area contributed by atoms with Gasteiger partial charge in [-0.2, -0.15) is 5.10 Å². The Morgan fingerprint density at radius 3 is 2.84 bits per heavy atom. The van der Waals surface area contributed by atoms with Crippen LogP contribution in [0.1, 0.15) is 28.5 Å². The number of amides is 1. The Kier molecular flexibility index (Phi) is 4.10. The second-order valence-electron chi connectivity index (χ2n) is 5.13. The van der Waals surface area contributed by atoms with Crippen molar-refractivity contribution < 1.29 is 13.6 Å². The highest BCUT2D eigenvalue weighted by atomic mass is 19.1. The average molecular weight is 344 g/mol. The highest BCUT2D eigenvalue weighted by Crippen LogP contribution is 2.23. The van der Waals surface area contributed by atoms with Crippen molar-refractivity contribution in [3.63, 3.8) is 0 Å². The molecule has 0 unspecified atom stereocenters. The quantitative estimate of drug-likeness (QED) is 0.628. The Bertz CT molecular complexity index is 1040. The van der Waals surface area contributed by atoms with E-state index < -0.39 is 23.1 Å². The number of aryl methyl sites for hydroxylation is 1. The number of carbonyl (C=O) groups excluding carboxylic acids is 1. The molecule has 25 heavy (non-hydrogen) atoms. The first-order valence-electron chi connectivity index (χ1n) is 7.38. The molecular weight excluding hydrogens is 330 g/mol. The zero-order valence-electron chi connectivity index (χ0n) is 13.4. The molecule has 0 aliphatic carbocycles. The number of nitrogens with two attached hydrogens (primary N) is 1. The molecule has 0 radical (unpaired) electrons. The zero-order chi connectivity index (χ0) is 18.1. The van der Waals surface area contributed by atoms with Gasteiger partial charge in [-0.3, -0.25) is 9.89 Å². The predicted molar refractivity (Wildman–Crippen MR) is 88.0 cm³/mol. The number of hydrogen-bond acceptors (Lipinski definition) is 4. The monoisotopic (exact) mass is 344 g/mol. The van der Waals surface area contributed by atoms with Crippen LogP contribution >= 0.6 is 0 Å². The third kappa shape index (κ3) is 2.67. The first kappa shape index (κ1) is 16.4. The van der Waals surface area contributed by atoms with Gasteiger partial charge in [-0.1, -0.05) is 5.92 Å². The number of halogens is 2. The van der Waals surface area contributed by atoms with Crippen molar-refractivity contribution in [3.05, 3.63) is 40.8 Å². The lowest BCUT2D eigenvalue weighted by Crippen LogP contribution is -2.13. The maximum atomic E-state index is 14.6. The summed E-state index contributed by atoms with van der Waals surface area (Å²) >= 11 is 0. The predicted octanol–water partition coefficient (Wildman–Crippen LogP) is 1.60. The number of nitrogens with one attached hydrogen (secondary N) is 2. The van der Waals surface area contributed by atoms with Gasteiger partial charge in [0.05, 0.1) is 17.4 Å². The molecule has 3 aromatic rings. The molecule has 7 nitrogen and oxygen atoms in total. The van der Waals surface area contributed by atoms with E-state index in [9.17, 15) is 13.6 Å². The van der Waals surface area contributed by atoms with Gasteiger partial charge in [0.25, 0.3) is 5.91 Å². The minimum atomic E-state index is -0.858. The summed E-state index contributed by atoms with van der Waals surface area (Å²) in [6.07, 6.45) is 1.43. The van der Waals surface area contributed by atoms with Crippen LogP contribution in [0.4, 0.5) is 14.6 Å². The zero-order valence-corrected chi connectivity index (χ0v) is 13.4. The van der Waals surface area contributed by atoms with Crippen LogP contribution in [0.2, 0.25) is 0 Å². The number of aromatic nitrogens is 4. The smallest absolute Gasteiger partial charge is 0.255 e. The van der Waals surface area contributed by atoms with Crippen molar-refractivity contribution in [1.29, 1.82) is 0 Å². The third-order valence-electron chi connectivity index (χ3n) is 3.71. The lowest BCUT2D eigenvalue weighted by Gasteiger charge is -2.02. The average Bonchev–Trinajstić information content (AvgIpc) is 3.17. The van der Waals surface area contributed by atoms with E-state index >= 15 is 0 Å². The van der Waals surface area contributed by atoms with Gasteiger partial charge in [-0.25, -0.2) is 13.8 Å². The first-order valence-corrected chi connectivity index (χ1v) is 7.38. The lowest BCUT2D eigenvalue weighted by molar-refractivity contribution is 0.100. The summed E-state index contributed by atoms with van der Waals surface area (Å²) in [6, 6.07) is 1.18. The van der Waals surface area contributed by atoms with Gasteiger partial charge in [0.15, 0.2) is 11.6 Å². The largest absolute Gasteiger partial charge is 0.371 e. The number of fused-ring (bicyclic) bond motifs is 1. The topological polar surface area (TPSA) is 102 Å². The van der Waals surface area contributed by atoms with E-state index in [1.807, 2.05) is 6.92 Å². The molecule has 3 rings (SSSR count). The van der Waals surface area contributed by atoms with Crippen molar-refractivity contribution in [2.24, 2.45) is 5.73 Å². The number of carbonyl (C=O) groups is 1. The fraction of sp³-hybridized carbons (Fsp3) is 0.188. The molecule has 9 heteroatoms. The van der Waals surface area contributed by atoms with Crippen LogP contribution in [0.15, 0.2) is 12.4 Å². The third-order valence-corrected chi connectivity index (χ3v) is 3.71. The first-order chi connectivity index (χ1) is 12.0. The molecule has 2 heterocycles. The highest BCUT2D eigenvalue weighted by Gasteiger charge is 2.18. The van der Waals surface area contributed by atoms with Crippen molar-refractivity contribution >= 4 is 22.8 Å². The Labute approximate surface area is 141 Å². The number of rotatable bonds is 3. The summed E-state index contributed by atoms with van der Waals surface area (Å²) in [4.78, 5) is 15.5. The summed E-state index contributed by atoms with van der Waals surface area (Å²) < 4.78 is 30.5. The number of benzene rings is 1. The molecule has 0 fully saturated rings. The van der Waals surface area contributed by atoms with Crippen LogP contribution in [-0.2, 0) is 6.54 Å². The second kappa shape index (κ2) is 6.24. The fourth-order valence-electron chi connectivity index (χ4n) is 2.47. The maximum absolute atomic E-state index is 14.6. The van der Waals surface area contributed by atoms with E-state index in [4.69, 9.17) is 5.73 Å². The lowest BCUT2D eigenvalue weighted by atomic mass is 10.1. The summed E-state index contributed by atoms with van der Waals surface area (Å²) in [5.41, 5.74) is 5.31. The molecule has 0 aliphatic rings. The van der Waals surface area contributed by atoms with E-state index in [0.29, 0.717) is 12.1 Å². The number of aromatic amines is 1. The van der Waals surface area contributed by atoms with Crippen molar-refractivity contribution in [3.8, 4) is 11.8 Å². The second-order valence-corrected chi connectivity index (χ2v) is 5.13. The molecule has 1 aromatic carbocycles. The molecule has 0 saturated heterocycles. The molecule has 0 aliphatic heterocycles. The van der Waals surface area contributed by atoms with Crippen molar-refractivity contribution in [2.45, 2.75) is 13.5 Å². The van der Waals surface area contributed by atoms with Crippen LogP contribution in [-0.4, -0.2) is 32.7 Å². The van der Waals surface area contributed by atoms with E-state index in [1.165, 1.54) is 12.4 Å². The standard InChI is InChI=1S/C16H14F2N6O/c1-3-24-7-21-14-11(24)6-9(17)8(13(14)18)4-5-10-12(15(19)25)16(20-2)23-22-10/h6-7H,3H2,1-2H3,(H2,19,25)(H2,20,22,23). The minimum absolute atomic E-state index is 0.0205. The van der Waals surface area contributed by atoms with Crippen LogP contribution in [0, 0.1) is 23.5 Å². The van der Waals surface area contributed by atoms with Gasteiger partial charge in [0.2, 0.25) is 0 Å². The Morgan fingerprint density at radius 1 is 1.44 bits per heavy atom. The molecule has 0 spiro atoms. The van der Waals surface area contributed by atoms with Crippen LogP contribution in [0.25, 0.3) is 11.0 Å². The molecule has 1 amide bonds. The van der Waals surface area contributed by atoms with Crippen LogP contribution in [0.5, 0.6) is 0 Å². The van der Waals surface area contributed by atoms with Crippen LogP contribution < -0.4 is 11.1 Å². The van der Waals surface area contributed by atoms with Gasteiger partial charge in [0, 0.05) is 19.7 Å². The number of nitrogens with zero attached hydrogens (tertiary/aromatic N) is 3. The Balaban J connectivity index is 2.13. The van der Waals surface area contributed by atoms with Gasteiger partial charge in [-0.05, 0) is 12.8 Å². The number of imidazole rings is 1. The molecule has 0 saturated carbocycles. The van der Waals surface area contributed by atoms with Crippen molar-refractivity contribution in [1.82, 2.24) is 19.7 Å². The maximum Gasteiger partial charge on any atom is 0.255 e.